The molecule has 0 unspecified atom stereocenters. The minimum Gasteiger partial charge on any atom is -0.480 e. The number of hydrogen-bond acceptors (Lipinski definition) is 10. The van der Waals surface area contributed by atoms with Crippen LogP contribution in [0.4, 0.5) is 0 Å². The van der Waals surface area contributed by atoms with Gasteiger partial charge in [0.1, 0.15) is 42.3 Å². The standard InChI is InChI=1S/C42H77N9O9/c1-12-25(9)31(44)41(58)51-20-16-18-30(51)37(54)49-32(23(5)6)38(55)45-27(11)35(52)50-34(26(10)13-2)40(57)46-28(17-14-15-19-43)36(53)48-33(24(7)8)39(56)47-29(42(59)60)21-22(3)4/h22-34H,12-21,43-44H2,1-11H3,(H,45,55)(H,46,57)(H,47,56)(H,48,53)(H,49,54)(H,50,52)(H,59,60)/t25-,26-,27-,28-,29-,30-,31-,32-,33-,34-/m0/s1. The lowest BCUT2D eigenvalue weighted by molar-refractivity contribution is -0.143. The predicted molar refractivity (Wildman–Crippen MR) is 229 cm³/mol. The summed E-state index contributed by atoms with van der Waals surface area (Å²) in [5, 5.41) is 25.8. The molecule has 1 rings (SSSR count). The van der Waals surface area contributed by atoms with Crippen LogP contribution in [0.15, 0.2) is 0 Å². The molecular formula is C42H77N9O9. The quantitative estimate of drug-likeness (QED) is 0.0552. The number of carbonyl (C=O) groups excluding carboxylic acids is 7. The summed E-state index contributed by atoms with van der Waals surface area (Å²) in [6, 6.07) is -8.25. The summed E-state index contributed by atoms with van der Waals surface area (Å²) in [7, 11) is 0. The molecule has 1 fully saturated rings. The number of carbonyl (C=O) groups is 8. The zero-order valence-electron chi connectivity index (χ0n) is 37.9. The van der Waals surface area contributed by atoms with Crippen LogP contribution in [-0.4, -0.2) is 119 Å². The van der Waals surface area contributed by atoms with E-state index in [4.69, 9.17) is 11.5 Å². The van der Waals surface area contributed by atoms with Gasteiger partial charge in [0.25, 0.3) is 0 Å². The average Bonchev–Trinajstić information content (AvgIpc) is 3.68. The Morgan fingerprint density at radius 3 is 1.68 bits per heavy atom. The third-order valence-corrected chi connectivity index (χ3v) is 11.3. The summed E-state index contributed by atoms with van der Waals surface area (Å²) >= 11 is 0. The average molecular weight is 852 g/mol. The third kappa shape index (κ3) is 16.6. The number of nitrogens with zero attached hydrogens (tertiary/aromatic N) is 1. The highest BCUT2D eigenvalue weighted by molar-refractivity contribution is 5.97. The largest absolute Gasteiger partial charge is 0.480 e. The van der Waals surface area contributed by atoms with Crippen LogP contribution in [-0.2, 0) is 38.4 Å². The van der Waals surface area contributed by atoms with Gasteiger partial charge < -0.3 is 53.4 Å². The second-order valence-corrected chi connectivity index (χ2v) is 17.5. The maximum atomic E-state index is 13.9. The number of unbranched alkanes of at least 4 members (excludes halogenated alkanes) is 1. The van der Waals surface area contributed by atoms with Crippen LogP contribution in [0.2, 0.25) is 0 Å². The van der Waals surface area contributed by atoms with Crippen molar-refractivity contribution in [2.75, 3.05) is 13.1 Å². The molecule has 0 aromatic carbocycles. The third-order valence-electron chi connectivity index (χ3n) is 11.3. The molecule has 7 amide bonds. The van der Waals surface area contributed by atoms with Crippen molar-refractivity contribution >= 4 is 47.3 Å². The van der Waals surface area contributed by atoms with E-state index < -0.39 is 108 Å². The van der Waals surface area contributed by atoms with Crippen LogP contribution < -0.4 is 43.4 Å². The zero-order valence-corrected chi connectivity index (χ0v) is 37.9. The Morgan fingerprint density at radius 2 is 1.17 bits per heavy atom. The summed E-state index contributed by atoms with van der Waals surface area (Å²) in [6.07, 6.45) is 3.56. The monoisotopic (exact) mass is 852 g/mol. The molecule has 1 heterocycles. The van der Waals surface area contributed by atoms with E-state index in [9.17, 15) is 43.5 Å². The Bertz CT molecular complexity index is 1460. The van der Waals surface area contributed by atoms with Crippen molar-refractivity contribution in [1.82, 2.24) is 36.8 Å². The van der Waals surface area contributed by atoms with Gasteiger partial charge in [0, 0.05) is 6.54 Å². The number of amides is 7. The number of rotatable bonds is 26. The van der Waals surface area contributed by atoms with E-state index in [0.29, 0.717) is 51.6 Å². The van der Waals surface area contributed by atoms with Gasteiger partial charge >= 0.3 is 5.97 Å². The van der Waals surface area contributed by atoms with Gasteiger partial charge in [0.05, 0.1) is 6.04 Å². The number of carboxylic acids is 1. The number of nitrogens with two attached hydrogens (primary N) is 2. The van der Waals surface area contributed by atoms with Crippen LogP contribution in [0.3, 0.4) is 0 Å². The predicted octanol–water partition coefficient (Wildman–Crippen LogP) is 0.897. The van der Waals surface area contributed by atoms with Crippen molar-refractivity contribution < 1.29 is 43.5 Å². The van der Waals surface area contributed by atoms with Crippen molar-refractivity contribution in [3.05, 3.63) is 0 Å². The van der Waals surface area contributed by atoms with Gasteiger partial charge in [-0.05, 0) is 81.6 Å². The number of hydrogen-bond donors (Lipinski definition) is 9. The first kappa shape index (κ1) is 53.7. The van der Waals surface area contributed by atoms with Gasteiger partial charge in [-0.2, -0.15) is 0 Å². The van der Waals surface area contributed by atoms with E-state index in [1.807, 2.05) is 34.6 Å². The number of nitrogens with one attached hydrogen (secondary N) is 6. The van der Waals surface area contributed by atoms with Crippen molar-refractivity contribution in [3.8, 4) is 0 Å². The topological polar surface area (TPSA) is 284 Å². The molecule has 0 aromatic heterocycles. The van der Waals surface area contributed by atoms with Crippen LogP contribution in [0.25, 0.3) is 0 Å². The molecule has 0 radical (unpaired) electrons. The van der Waals surface area contributed by atoms with E-state index in [0.717, 1.165) is 0 Å². The number of carboxylic acid groups (broad SMARTS) is 1. The first-order chi connectivity index (χ1) is 28.0. The van der Waals surface area contributed by atoms with E-state index in [1.165, 1.54) is 11.8 Å². The lowest BCUT2D eigenvalue weighted by atomic mass is 9.96. The molecule has 0 aliphatic carbocycles. The highest BCUT2D eigenvalue weighted by Crippen LogP contribution is 2.21. The summed E-state index contributed by atoms with van der Waals surface area (Å²) in [4.78, 5) is 108. The zero-order chi connectivity index (χ0) is 46.0. The van der Waals surface area contributed by atoms with Crippen LogP contribution in [0, 0.1) is 29.6 Å². The fraction of sp³-hybridized carbons (Fsp3) is 0.810. The number of likely N-dealkylation sites (tertiary alicyclic amines) is 1. The summed E-state index contributed by atoms with van der Waals surface area (Å²) in [5.41, 5.74) is 11.9. The SMILES string of the molecule is CC[C@H](C)[C@H](N)C(=O)N1CCC[C@H]1C(=O)N[C@H](C(=O)N[C@@H](C)C(=O)N[C@H](C(=O)N[C@@H](CCCCN)C(=O)N[C@H](C(=O)N[C@@H](CC(C)C)C(=O)O)C(C)C)[C@@H](C)CC)C(C)C. The molecule has 11 N–H and O–H groups in total. The summed E-state index contributed by atoms with van der Waals surface area (Å²) in [6.45, 7) is 20.1. The van der Waals surface area contributed by atoms with Gasteiger partial charge in [-0.3, -0.25) is 33.6 Å². The maximum Gasteiger partial charge on any atom is 0.326 e. The van der Waals surface area contributed by atoms with Crippen LogP contribution in [0.1, 0.15) is 128 Å². The molecule has 10 atom stereocenters. The molecule has 0 saturated carbocycles. The van der Waals surface area contributed by atoms with Crippen molar-refractivity contribution in [2.45, 2.75) is 176 Å². The molecule has 0 spiro atoms. The van der Waals surface area contributed by atoms with Gasteiger partial charge in [0.15, 0.2) is 0 Å². The fourth-order valence-corrected chi connectivity index (χ4v) is 6.89. The Morgan fingerprint density at radius 1 is 0.650 bits per heavy atom. The van der Waals surface area contributed by atoms with Gasteiger partial charge in [-0.1, -0.05) is 82.1 Å². The van der Waals surface area contributed by atoms with E-state index in [-0.39, 0.29) is 30.6 Å². The van der Waals surface area contributed by atoms with Crippen molar-refractivity contribution in [2.24, 2.45) is 41.1 Å². The molecule has 1 saturated heterocycles. The Balaban J connectivity index is 3.16. The first-order valence-corrected chi connectivity index (χ1v) is 21.8. The van der Waals surface area contributed by atoms with Gasteiger partial charge in [-0.25, -0.2) is 4.79 Å². The first-order valence-electron chi connectivity index (χ1n) is 21.8. The van der Waals surface area contributed by atoms with Gasteiger partial charge in [-0.15, -0.1) is 0 Å². The Labute approximate surface area is 357 Å². The molecule has 18 nitrogen and oxygen atoms in total. The molecule has 0 bridgehead atoms. The molecule has 0 aromatic rings. The van der Waals surface area contributed by atoms with E-state index in [2.05, 4.69) is 31.9 Å². The molecule has 1 aliphatic rings. The van der Waals surface area contributed by atoms with Crippen LogP contribution in [0.5, 0.6) is 0 Å². The van der Waals surface area contributed by atoms with E-state index in [1.54, 1.807) is 34.6 Å². The van der Waals surface area contributed by atoms with Crippen molar-refractivity contribution in [1.29, 1.82) is 0 Å². The lowest BCUT2D eigenvalue weighted by Crippen LogP contribution is -2.61. The van der Waals surface area contributed by atoms with Gasteiger partial charge in [0.2, 0.25) is 41.4 Å². The molecule has 60 heavy (non-hydrogen) atoms. The van der Waals surface area contributed by atoms with E-state index >= 15 is 0 Å². The number of aliphatic carboxylic acids is 1. The highest BCUT2D eigenvalue weighted by Gasteiger charge is 2.40. The fourth-order valence-electron chi connectivity index (χ4n) is 6.89. The molecule has 1 aliphatic heterocycles. The smallest absolute Gasteiger partial charge is 0.326 e. The Kier molecular flexibility index (Phi) is 23.4. The normalized spacial score (nSPS) is 18.6. The molecule has 18 heteroatoms. The second kappa shape index (κ2) is 26.1. The molecule has 344 valence electrons. The minimum absolute atomic E-state index is 0.0182. The van der Waals surface area contributed by atoms with Crippen molar-refractivity contribution in [3.63, 3.8) is 0 Å². The van der Waals surface area contributed by atoms with Crippen LogP contribution >= 0.6 is 0 Å². The molecular weight excluding hydrogens is 775 g/mol. The maximum absolute atomic E-state index is 13.9. The second-order valence-electron chi connectivity index (χ2n) is 17.5. The lowest BCUT2D eigenvalue weighted by Gasteiger charge is -2.31. The highest BCUT2D eigenvalue weighted by atomic mass is 16.4. The Hall–Kier alpha value is -4.32. The summed E-state index contributed by atoms with van der Waals surface area (Å²) < 4.78 is 0. The minimum atomic E-state index is -1.19. The summed E-state index contributed by atoms with van der Waals surface area (Å²) in [5.74, 6) is -6.63.